The molecule has 0 aliphatic rings. The molecule has 1 aromatic heterocycles. The van der Waals surface area contributed by atoms with E-state index in [4.69, 9.17) is 0 Å². The van der Waals surface area contributed by atoms with Crippen molar-refractivity contribution in [3.63, 3.8) is 0 Å². The van der Waals surface area contributed by atoms with Gasteiger partial charge in [-0.2, -0.15) is 0 Å². The van der Waals surface area contributed by atoms with Crippen LogP contribution in [0.5, 0.6) is 0 Å². The van der Waals surface area contributed by atoms with Gasteiger partial charge in [0, 0.05) is 0 Å². The van der Waals surface area contributed by atoms with Gasteiger partial charge in [-0.3, -0.25) is 0 Å². The number of hydrogen-bond acceptors (Lipinski definition) is 3. The molecule has 0 aromatic carbocycles. The zero-order chi connectivity index (χ0) is 4.41. The number of hydrogen-bond donors (Lipinski definition) is 1. The van der Waals surface area contributed by atoms with Crippen molar-refractivity contribution >= 4 is 29.2 Å². The molecule has 1 heterocycles. The fraction of sp³-hybridized carbons (Fsp3) is 0. The van der Waals surface area contributed by atoms with E-state index < -0.39 is 0 Å². The van der Waals surface area contributed by atoms with Gasteiger partial charge in [-0.15, -0.1) is 0 Å². The van der Waals surface area contributed by atoms with Gasteiger partial charge < -0.3 is 0 Å². The summed E-state index contributed by atoms with van der Waals surface area (Å²) < 4.78 is 0.912. The second-order valence-electron chi connectivity index (χ2n) is 0.786. The summed E-state index contributed by atoms with van der Waals surface area (Å²) in [7, 11) is 0. The molecule has 0 bridgehead atoms. The molecular formula is CH2N4Pb. The summed E-state index contributed by atoms with van der Waals surface area (Å²) in [4.78, 5) is 0. The molecule has 4 nitrogen and oxygen atoms in total. The Hall–Kier alpha value is -0.00792. The molecule has 0 fully saturated rings. The summed E-state index contributed by atoms with van der Waals surface area (Å²) in [6.07, 6.45) is 0. The van der Waals surface area contributed by atoms with Crippen LogP contribution in [0.4, 0.5) is 0 Å². The van der Waals surface area contributed by atoms with E-state index in [2.05, 4.69) is 20.6 Å². The molecule has 0 unspecified atom stereocenters. The second-order valence-corrected chi connectivity index (χ2v) is 2.91. The van der Waals surface area contributed by atoms with Gasteiger partial charge in [0.2, 0.25) is 0 Å². The monoisotopic (exact) mass is 278 g/mol. The molecule has 0 atom stereocenters. The molecule has 0 aliphatic carbocycles. The molecule has 1 N–H and O–H groups in total. The van der Waals surface area contributed by atoms with Gasteiger partial charge in [0.25, 0.3) is 0 Å². The summed E-state index contributed by atoms with van der Waals surface area (Å²) in [6, 6.07) is 0. The normalized spacial score (nSPS) is 8.83. The predicted octanol–water partition coefficient (Wildman–Crippen LogP) is -2.27. The molecule has 0 amide bonds. The zero-order valence-electron chi connectivity index (χ0n) is 2.92. The standard InChI is InChI=1S/CHN4.Pb.H/c1-2-4-5-3-1;;/h(H,2,3,4,5);;. The van der Waals surface area contributed by atoms with E-state index in [1.165, 1.54) is 0 Å². The first-order valence-corrected chi connectivity index (χ1v) is 3.63. The molecule has 1 aromatic rings. The first-order valence-electron chi connectivity index (χ1n) is 1.39. The van der Waals surface area contributed by atoms with Crippen LogP contribution < -0.4 is 3.38 Å². The van der Waals surface area contributed by atoms with Crippen LogP contribution in [0, 0.1) is 0 Å². The third-order valence-corrected chi connectivity index (χ3v) is 1.31. The first kappa shape index (κ1) is 4.16. The van der Waals surface area contributed by atoms with Gasteiger partial charge >= 0.3 is 49.8 Å². The minimum absolute atomic E-state index is 0.727. The Kier molecular flexibility index (Phi) is 1.13. The van der Waals surface area contributed by atoms with Gasteiger partial charge in [-0.25, -0.2) is 0 Å². The average Bonchev–Trinajstić information content (AvgIpc) is 1.86. The molecule has 30 valence electrons. The van der Waals surface area contributed by atoms with E-state index in [1.807, 2.05) is 0 Å². The van der Waals surface area contributed by atoms with Crippen molar-refractivity contribution in [1.29, 1.82) is 0 Å². The predicted molar refractivity (Wildman–Crippen MR) is 21.0 cm³/mol. The number of aromatic nitrogens is 4. The molecule has 0 spiro atoms. The van der Waals surface area contributed by atoms with Crippen LogP contribution >= 0.6 is 0 Å². The van der Waals surface area contributed by atoms with Crippen molar-refractivity contribution in [2.75, 3.05) is 0 Å². The Balaban J connectivity index is 3.05. The van der Waals surface area contributed by atoms with Crippen molar-refractivity contribution in [2.24, 2.45) is 0 Å². The maximum atomic E-state index is 3.57. The van der Waals surface area contributed by atoms with Gasteiger partial charge in [-0.1, -0.05) is 0 Å². The Bertz CT molecular complexity index is 111. The quantitative estimate of drug-likeness (QED) is 0.544. The van der Waals surface area contributed by atoms with Crippen LogP contribution in [-0.4, -0.2) is 46.4 Å². The van der Waals surface area contributed by atoms with Gasteiger partial charge in [0.05, 0.1) is 0 Å². The van der Waals surface area contributed by atoms with Crippen LogP contribution in [0.2, 0.25) is 0 Å². The van der Waals surface area contributed by atoms with Crippen molar-refractivity contribution < 1.29 is 0 Å². The first-order chi connectivity index (χ1) is 2.89. The van der Waals surface area contributed by atoms with Crippen molar-refractivity contribution in [3.8, 4) is 0 Å². The van der Waals surface area contributed by atoms with Gasteiger partial charge in [0.1, 0.15) is 0 Å². The molecule has 5 heteroatoms. The van der Waals surface area contributed by atoms with E-state index in [0.29, 0.717) is 0 Å². The van der Waals surface area contributed by atoms with Crippen LogP contribution in [-0.2, 0) is 0 Å². The molecule has 1 rings (SSSR count). The van der Waals surface area contributed by atoms with Crippen molar-refractivity contribution in [1.82, 2.24) is 20.6 Å². The van der Waals surface area contributed by atoms with E-state index in [1.54, 1.807) is 0 Å². The number of tetrazole rings is 1. The summed E-state index contributed by atoms with van der Waals surface area (Å²) in [5, 5.41) is 12.9. The van der Waals surface area contributed by atoms with Crippen molar-refractivity contribution in [3.05, 3.63) is 0 Å². The summed E-state index contributed by atoms with van der Waals surface area (Å²) in [5.41, 5.74) is 0. The topological polar surface area (TPSA) is 54.5 Å². The van der Waals surface area contributed by atoms with E-state index in [-0.39, 0.29) is 0 Å². The minimum atomic E-state index is 0.727. The van der Waals surface area contributed by atoms with Crippen LogP contribution in [0.25, 0.3) is 0 Å². The van der Waals surface area contributed by atoms with Crippen molar-refractivity contribution in [2.45, 2.75) is 0 Å². The number of H-pyrrole nitrogens is 1. The van der Waals surface area contributed by atoms with E-state index in [9.17, 15) is 0 Å². The van der Waals surface area contributed by atoms with Gasteiger partial charge in [0.15, 0.2) is 0 Å². The Labute approximate surface area is 50.0 Å². The Morgan fingerprint density at radius 1 is 1.67 bits per heavy atom. The third kappa shape index (κ3) is 0.731. The fourth-order valence-corrected chi connectivity index (χ4v) is 0.592. The number of nitrogens with one attached hydrogen (secondary N) is 1. The summed E-state index contributed by atoms with van der Waals surface area (Å²) in [5.74, 6) is 0. The molecule has 0 saturated heterocycles. The van der Waals surface area contributed by atoms with E-state index >= 15 is 0 Å². The fourth-order valence-electron chi connectivity index (χ4n) is 0.166. The van der Waals surface area contributed by atoms with Crippen LogP contribution in [0.15, 0.2) is 0 Å². The Morgan fingerprint density at radius 3 is 2.67 bits per heavy atom. The van der Waals surface area contributed by atoms with Crippen LogP contribution in [0.3, 0.4) is 0 Å². The summed E-state index contributed by atoms with van der Waals surface area (Å²) >= 11 is 0.727. The maximum absolute atomic E-state index is 3.57. The third-order valence-electron chi connectivity index (χ3n) is 0.362. The molecule has 6 heavy (non-hydrogen) atoms. The molecule has 0 aliphatic heterocycles. The van der Waals surface area contributed by atoms with E-state index in [0.717, 1.165) is 29.2 Å². The molecule has 2 radical (unpaired) electrons. The number of aromatic amines is 1. The second kappa shape index (κ2) is 1.63. The molecular weight excluding hydrogens is 275 g/mol. The SMILES string of the molecule is [PbH][c]1nnn[nH]1. The average molecular weight is 277 g/mol. The van der Waals surface area contributed by atoms with Gasteiger partial charge in [-0.05, 0) is 0 Å². The molecule has 0 saturated carbocycles. The van der Waals surface area contributed by atoms with Crippen LogP contribution in [0.1, 0.15) is 0 Å². The number of rotatable bonds is 0. The zero-order valence-corrected chi connectivity index (χ0v) is 7.41. The summed E-state index contributed by atoms with van der Waals surface area (Å²) in [6.45, 7) is 0. The Morgan fingerprint density at radius 2 is 2.50 bits per heavy atom. The number of nitrogens with zero attached hydrogens (tertiary/aromatic N) is 3.